The minimum Gasteiger partial charge on any atom is -0.351 e. The van der Waals surface area contributed by atoms with Gasteiger partial charge in [0, 0.05) is 43.3 Å². The molecule has 0 aliphatic carbocycles. The van der Waals surface area contributed by atoms with Crippen LogP contribution in [0.1, 0.15) is 21.8 Å². The molecule has 3 heterocycles. The number of aryl methyl sites for hydroxylation is 1. The van der Waals surface area contributed by atoms with E-state index in [9.17, 15) is 4.79 Å². The lowest BCUT2D eigenvalue weighted by Crippen LogP contribution is -2.30. The van der Waals surface area contributed by atoms with Gasteiger partial charge in [-0.25, -0.2) is 0 Å². The maximum Gasteiger partial charge on any atom is 0.293 e. The lowest BCUT2D eigenvalue weighted by Gasteiger charge is -2.22. The van der Waals surface area contributed by atoms with Crippen LogP contribution in [0.4, 0.5) is 0 Å². The number of nitrogens with zero attached hydrogens (tertiary/aromatic N) is 4. The summed E-state index contributed by atoms with van der Waals surface area (Å²) in [5.74, 6) is 0.0317. The van der Waals surface area contributed by atoms with Crippen molar-refractivity contribution in [3.05, 3.63) is 84.1 Å². The molecule has 0 atom stereocenters. The highest BCUT2D eigenvalue weighted by atomic mass is 16.5. The van der Waals surface area contributed by atoms with Crippen LogP contribution in [0.25, 0.3) is 10.9 Å². The monoisotopic (exact) mass is 346 g/mol. The van der Waals surface area contributed by atoms with Gasteiger partial charge in [-0.05, 0) is 29.1 Å². The van der Waals surface area contributed by atoms with Crippen molar-refractivity contribution in [2.24, 2.45) is 7.05 Å². The highest BCUT2D eigenvalue weighted by Gasteiger charge is 2.21. The summed E-state index contributed by atoms with van der Waals surface area (Å²) < 4.78 is 7.19. The SMILES string of the molecule is Cn1c(CN(Cc2cccnc2)C(=O)c2ccno2)cc2ccccc21. The first kappa shape index (κ1) is 16.1. The Labute approximate surface area is 150 Å². The number of para-hydroxylation sites is 1. The second-order valence-corrected chi connectivity index (χ2v) is 6.15. The zero-order chi connectivity index (χ0) is 17.9. The Balaban J connectivity index is 1.67. The van der Waals surface area contributed by atoms with E-state index in [1.807, 2.05) is 31.3 Å². The zero-order valence-electron chi connectivity index (χ0n) is 14.4. The molecule has 0 aliphatic heterocycles. The Hall–Kier alpha value is -3.41. The second kappa shape index (κ2) is 6.84. The third-order valence-corrected chi connectivity index (χ3v) is 4.44. The van der Waals surface area contributed by atoms with Gasteiger partial charge in [-0.3, -0.25) is 9.78 Å². The molecular formula is C20H18N4O2. The molecule has 4 aromatic rings. The van der Waals surface area contributed by atoms with Crippen molar-refractivity contribution in [1.82, 2.24) is 19.6 Å². The van der Waals surface area contributed by atoms with Gasteiger partial charge < -0.3 is 14.0 Å². The number of hydrogen-bond acceptors (Lipinski definition) is 4. The van der Waals surface area contributed by atoms with Gasteiger partial charge in [-0.1, -0.05) is 29.4 Å². The Kier molecular flexibility index (Phi) is 4.23. The van der Waals surface area contributed by atoms with Crippen molar-refractivity contribution in [3.63, 3.8) is 0 Å². The van der Waals surface area contributed by atoms with E-state index in [4.69, 9.17) is 4.52 Å². The number of carbonyl (C=O) groups is 1. The summed E-state index contributed by atoms with van der Waals surface area (Å²) in [4.78, 5) is 18.8. The first-order valence-corrected chi connectivity index (χ1v) is 8.34. The lowest BCUT2D eigenvalue weighted by molar-refractivity contribution is 0.0684. The normalized spacial score (nSPS) is 11.0. The van der Waals surface area contributed by atoms with Crippen LogP contribution in [0.3, 0.4) is 0 Å². The van der Waals surface area contributed by atoms with Crippen molar-refractivity contribution >= 4 is 16.8 Å². The van der Waals surface area contributed by atoms with Crippen molar-refractivity contribution < 1.29 is 9.32 Å². The summed E-state index contributed by atoms with van der Waals surface area (Å²) in [6, 6.07) is 15.7. The maximum atomic E-state index is 12.9. The molecule has 0 fully saturated rings. The van der Waals surface area contributed by atoms with Crippen LogP contribution in [-0.4, -0.2) is 25.5 Å². The standard InChI is InChI=1S/C20H18N4O2/c1-23-17(11-16-6-2-3-7-18(16)23)14-24(13-15-5-4-9-21-12-15)20(25)19-8-10-22-26-19/h2-12H,13-14H2,1H3. The lowest BCUT2D eigenvalue weighted by atomic mass is 10.2. The number of rotatable bonds is 5. The fraction of sp³-hybridized carbons (Fsp3) is 0.150. The summed E-state index contributed by atoms with van der Waals surface area (Å²) in [5, 5.41) is 4.80. The average Bonchev–Trinajstić information content (AvgIpc) is 3.31. The third-order valence-electron chi connectivity index (χ3n) is 4.44. The molecule has 130 valence electrons. The van der Waals surface area contributed by atoms with Gasteiger partial charge in [-0.15, -0.1) is 0 Å². The molecule has 0 saturated heterocycles. The van der Waals surface area contributed by atoms with Crippen LogP contribution in [0.15, 0.2) is 71.6 Å². The first-order valence-electron chi connectivity index (χ1n) is 8.34. The van der Waals surface area contributed by atoms with Crippen LogP contribution >= 0.6 is 0 Å². The number of aromatic nitrogens is 3. The topological polar surface area (TPSA) is 64.2 Å². The molecule has 1 aromatic carbocycles. The summed E-state index contributed by atoms with van der Waals surface area (Å²) in [6.07, 6.45) is 4.96. The number of carbonyl (C=O) groups excluding carboxylic acids is 1. The molecule has 0 saturated carbocycles. The van der Waals surface area contributed by atoms with E-state index in [1.54, 1.807) is 23.4 Å². The molecule has 0 spiro atoms. The van der Waals surface area contributed by atoms with Gasteiger partial charge >= 0.3 is 0 Å². The minimum atomic E-state index is -0.198. The summed E-state index contributed by atoms with van der Waals surface area (Å²) in [6.45, 7) is 0.897. The van der Waals surface area contributed by atoms with E-state index in [-0.39, 0.29) is 11.7 Å². The van der Waals surface area contributed by atoms with Gasteiger partial charge in [-0.2, -0.15) is 0 Å². The minimum absolute atomic E-state index is 0.198. The smallest absolute Gasteiger partial charge is 0.293 e. The average molecular weight is 346 g/mol. The van der Waals surface area contributed by atoms with Crippen molar-refractivity contribution in [3.8, 4) is 0 Å². The molecule has 0 N–H and O–H groups in total. The molecule has 4 rings (SSSR count). The van der Waals surface area contributed by atoms with Gasteiger partial charge in [0.25, 0.3) is 5.91 Å². The molecule has 0 bridgehead atoms. The van der Waals surface area contributed by atoms with Crippen LogP contribution < -0.4 is 0 Å². The van der Waals surface area contributed by atoms with Gasteiger partial charge in [0.05, 0.1) is 12.7 Å². The summed E-state index contributed by atoms with van der Waals surface area (Å²) in [7, 11) is 2.01. The molecule has 3 aromatic heterocycles. The molecule has 0 unspecified atom stereocenters. The number of pyridine rings is 1. The predicted octanol–water partition coefficient (Wildman–Crippen LogP) is 3.40. The third kappa shape index (κ3) is 3.09. The van der Waals surface area contributed by atoms with Crippen LogP contribution in [0, 0.1) is 0 Å². The Morgan fingerprint density at radius 1 is 1.12 bits per heavy atom. The highest BCUT2D eigenvalue weighted by Crippen LogP contribution is 2.21. The van der Waals surface area contributed by atoms with E-state index in [2.05, 4.69) is 32.9 Å². The predicted molar refractivity (Wildman–Crippen MR) is 97.2 cm³/mol. The van der Waals surface area contributed by atoms with Crippen molar-refractivity contribution in [2.45, 2.75) is 13.1 Å². The number of amides is 1. The molecule has 0 radical (unpaired) electrons. The van der Waals surface area contributed by atoms with E-state index in [1.165, 1.54) is 6.20 Å². The van der Waals surface area contributed by atoms with Gasteiger partial charge in [0.1, 0.15) is 0 Å². The Bertz CT molecular complexity index is 1020. The maximum absolute atomic E-state index is 12.9. The molecular weight excluding hydrogens is 328 g/mol. The first-order chi connectivity index (χ1) is 12.7. The fourth-order valence-corrected chi connectivity index (χ4v) is 3.09. The molecule has 0 aliphatic rings. The molecule has 1 amide bonds. The van der Waals surface area contributed by atoms with Crippen molar-refractivity contribution in [1.29, 1.82) is 0 Å². The quantitative estimate of drug-likeness (QED) is 0.555. The molecule has 26 heavy (non-hydrogen) atoms. The second-order valence-electron chi connectivity index (χ2n) is 6.15. The van der Waals surface area contributed by atoms with E-state index in [0.717, 1.165) is 22.2 Å². The molecule has 6 heteroatoms. The fourth-order valence-electron chi connectivity index (χ4n) is 3.09. The number of benzene rings is 1. The van der Waals surface area contributed by atoms with Gasteiger partial charge in [0.2, 0.25) is 5.76 Å². The highest BCUT2D eigenvalue weighted by molar-refractivity contribution is 5.91. The van der Waals surface area contributed by atoms with E-state index < -0.39 is 0 Å². The Morgan fingerprint density at radius 2 is 2.00 bits per heavy atom. The van der Waals surface area contributed by atoms with E-state index in [0.29, 0.717) is 13.1 Å². The van der Waals surface area contributed by atoms with Crippen LogP contribution in [0.2, 0.25) is 0 Å². The summed E-state index contributed by atoms with van der Waals surface area (Å²) in [5.41, 5.74) is 3.14. The van der Waals surface area contributed by atoms with Crippen molar-refractivity contribution in [2.75, 3.05) is 0 Å². The zero-order valence-corrected chi connectivity index (χ0v) is 14.4. The van der Waals surface area contributed by atoms with Gasteiger partial charge in [0.15, 0.2) is 0 Å². The number of fused-ring (bicyclic) bond motifs is 1. The largest absolute Gasteiger partial charge is 0.351 e. The summed E-state index contributed by atoms with van der Waals surface area (Å²) >= 11 is 0. The van der Waals surface area contributed by atoms with Crippen LogP contribution in [-0.2, 0) is 20.1 Å². The Morgan fingerprint density at radius 3 is 2.73 bits per heavy atom. The van der Waals surface area contributed by atoms with Crippen LogP contribution in [0.5, 0.6) is 0 Å². The van der Waals surface area contributed by atoms with E-state index >= 15 is 0 Å². The molecule has 6 nitrogen and oxygen atoms in total. The number of hydrogen-bond donors (Lipinski definition) is 0.